The van der Waals surface area contributed by atoms with Gasteiger partial charge in [0.1, 0.15) is 11.3 Å². The fraction of sp³-hybridized carbons (Fsp3) is 0.333. The molecule has 0 spiro atoms. The van der Waals surface area contributed by atoms with Crippen LogP contribution in [-0.2, 0) is 10.0 Å². The highest BCUT2D eigenvalue weighted by Gasteiger charge is 2.76. The maximum atomic E-state index is 13.5. The third kappa shape index (κ3) is 2.31. The SMILES string of the molecule is N#CC12CC(S(=O)(=O)N3CCSc4c(-c5cc6cc(Cl)ccc6o5)cncc43)(C1)C2. The molecule has 3 fully saturated rings. The standard InChI is InChI=1S/C21H16ClN3O3S2/c22-14-1-2-17-13(5-14)6-18(28-17)15-7-24-8-16-19(15)29-4-3-25(16)30(26,27)21-9-20(10-21,11-21)12-23/h1-2,5-8H,3-4,9-11H2. The van der Waals surface area contributed by atoms with Crippen molar-refractivity contribution in [2.75, 3.05) is 16.6 Å². The van der Waals surface area contributed by atoms with Crippen molar-refractivity contribution in [2.24, 2.45) is 5.41 Å². The Bertz CT molecular complexity index is 1360. The van der Waals surface area contributed by atoms with Crippen molar-refractivity contribution in [3.63, 3.8) is 0 Å². The monoisotopic (exact) mass is 457 g/mol. The van der Waals surface area contributed by atoms with Crippen LogP contribution in [0, 0.1) is 16.7 Å². The molecule has 4 aliphatic rings. The van der Waals surface area contributed by atoms with Crippen LogP contribution in [0.1, 0.15) is 19.3 Å². The third-order valence-electron chi connectivity index (χ3n) is 6.49. The van der Waals surface area contributed by atoms with Gasteiger partial charge in [-0.2, -0.15) is 5.26 Å². The second-order valence-corrected chi connectivity index (χ2v) is 12.2. The largest absolute Gasteiger partial charge is 0.456 e. The molecule has 9 heteroatoms. The second kappa shape index (κ2) is 5.94. The summed E-state index contributed by atoms with van der Waals surface area (Å²) in [6, 6.07) is 9.63. The summed E-state index contributed by atoms with van der Waals surface area (Å²) in [6.45, 7) is 0.405. The normalized spacial score (nSPS) is 27.1. The van der Waals surface area contributed by atoms with E-state index in [0.717, 1.165) is 15.8 Å². The van der Waals surface area contributed by atoms with Crippen molar-refractivity contribution in [3.05, 3.63) is 41.7 Å². The van der Waals surface area contributed by atoms with Gasteiger partial charge in [-0.3, -0.25) is 9.29 Å². The lowest BCUT2D eigenvalue weighted by Gasteiger charge is -2.66. The minimum atomic E-state index is -3.57. The number of benzene rings is 1. The van der Waals surface area contributed by atoms with Gasteiger partial charge in [-0.1, -0.05) is 11.6 Å². The molecule has 3 saturated carbocycles. The molecular weight excluding hydrogens is 442 g/mol. The Morgan fingerprint density at radius 2 is 2.03 bits per heavy atom. The summed E-state index contributed by atoms with van der Waals surface area (Å²) in [4.78, 5) is 5.19. The molecule has 2 aromatic heterocycles. The number of pyridine rings is 1. The number of nitrogens with zero attached hydrogens (tertiary/aromatic N) is 3. The third-order valence-corrected chi connectivity index (χ3v) is 10.3. The van der Waals surface area contributed by atoms with Gasteiger partial charge in [0, 0.05) is 33.8 Å². The van der Waals surface area contributed by atoms with Crippen molar-refractivity contribution >= 4 is 50.0 Å². The number of halogens is 1. The van der Waals surface area contributed by atoms with Crippen LogP contribution >= 0.6 is 23.4 Å². The average Bonchev–Trinajstić information content (AvgIpc) is 3.08. The summed E-state index contributed by atoms with van der Waals surface area (Å²) >= 11 is 7.70. The van der Waals surface area contributed by atoms with E-state index in [1.165, 1.54) is 4.31 Å². The molecular formula is C21H16ClN3O3S2. The quantitative estimate of drug-likeness (QED) is 0.559. The highest BCUT2D eigenvalue weighted by molar-refractivity contribution is 8.00. The number of sulfonamides is 1. The van der Waals surface area contributed by atoms with Gasteiger partial charge in [-0.25, -0.2) is 8.42 Å². The van der Waals surface area contributed by atoms with E-state index in [0.29, 0.717) is 53.6 Å². The van der Waals surface area contributed by atoms with Crippen molar-refractivity contribution in [1.29, 1.82) is 5.26 Å². The van der Waals surface area contributed by atoms with Gasteiger partial charge in [0.05, 0.1) is 33.7 Å². The molecule has 152 valence electrons. The molecule has 0 atom stereocenters. The lowest BCUT2D eigenvalue weighted by atomic mass is 9.44. The summed E-state index contributed by atoms with van der Waals surface area (Å²) in [5.41, 5.74) is 1.66. The Hall–Kier alpha value is -2.21. The van der Waals surface area contributed by atoms with E-state index in [-0.39, 0.29) is 0 Å². The predicted octanol–water partition coefficient (Wildman–Crippen LogP) is 4.84. The number of fused-ring (bicyclic) bond motifs is 2. The smallest absolute Gasteiger partial charge is 0.241 e. The Morgan fingerprint density at radius 3 is 2.80 bits per heavy atom. The first-order chi connectivity index (χ1) is 14.4. The molecule has 7 rings (SSSR count). The fourth-order valence-corrected chi connectivity index (χ4v) is 9.03. The molecule has 3 aliphatic carbocycles. The molecule has 0 saturated heterocycles. The Kier molecular flexibility index (Phi) is 3.67. The van der Waals surface area contributed by atoms with E-state index in [1.54, 1.807) is 30.2 Å². The van der Waals surface area contributed by atoms with Crippen LogP contribution < -0.4 is 4.31 Å². The minimum Gasteiger partial charge on any atom is -0.456 e. The van der Waals surface area contributed by atoms with E-state index in [9.17, 15) is 13.7 Å². The number of aromatic nitrogens is 1. The Balaban J connectivity index is 1.43. The number of anilines is 1. The predicted molar refractivity (Wildman–Crippen MR) is 116 cm³/mol. The van der Waals surface area contributed by atoms with Gasteiger partial charge in [0.2, 0.25) is 10.0 Å². The van der Waals surface area contributed by atoms with Gasteiger partial charge >= 0.3 is 0 Å². The zero-order valence-corrected chi connectivity index (χ0v) is 18.1. The number of thioether (sulfide) groups is 1. The molecule has 0 N–H and O–H groups in total. The van der Waals surface area contributed by atoms with Crippen LogP contribution in [0.3, 0.4) is 0 Å². The molecule has 3 aromatic rings. The fourth-order valence-electron chi connectivity index (χ4n) is 5.01. The van der Waals surface area contributed by atoms with Gasteiger partial charge < -0.3 is 4.42 Å². The van der Waals surface area contributed by atoms with Crippen molar-refractivity contribution in [1.82, 2.24) is 4.98 Å². The van der Waals surface area contributed by atoms with Crippen LogP contribution in [0.4, 0.5) is 5.69 Å². The molecule has 0 radical (unpaired) electrons. The number of hydrogen-bond acceptors (Lipinski definition) is 6. The Labute approximate surface area is 182 Å². The minimum absolute atomic E-state index is 0.405. The van der Waals surface area contributed by atoms with E-state index < -0.39 is 20.2 Å². The molecule has 30 heavy (non-hydrogen) atoms. The molecule has 3 heterocycles. The lowest BCUT2D eigenvalue weighted by Crippen LogP contribution is -2.72. The van der Waals surface area contributed by atoms with Crippen molar-refractivity contribution < 1.29 is 12.8 Å². The topological polar surface area (TPSA) is 87.2 Å². The van der Waals surface area contributed by atoms with E-state index in [2.05, 4.69) is 11.1 Å². The highest BCUT2D eigenvalue weighted by atomic mass is 35.5. The van der Waals surface area contributed by atoms with Crippen LogP contribution in [0.25, 0.3) is 22.3 Å². The zero-order valence-electron chi connectivity index (χ0n) is 15.8. The van der Waals surface area contributed by atoms with Crippen molar-refractivity contribution in [2.45, 2.75) is 28.9 Å². The van der Waals surface area contributed by atoms with Gasteiger partial charge in [0.25, 0.3) is 0 Å². The molecule has 0 amide bonds. The van der Waals surface area contributed by atoms with Gasteiger partial charge in [-0.05, 0) is 43.5 Å². The van der Waals surface area contributed by atoms with E-state index in [4.69, 9.17) is 16.0 Å². The Morgan fingerprint density at radius 1 is 1.23 bits per heavy atom. The van der Waals surface area contributed by atoms with Crippen LogP contribution in [0.2, 0.25) is 5.02 Å². The molecule has 2 bridgehead atoms. The molecule has 6 nitrogen and oxygen atoms in total. The van der Waals surface area contributed by atoms with Crippen LogP contribution in [0.5, 0.6) is 0 Å². The average molecular weight is 458 g/mol. The number of furan rings is 1. The van der Waals surface area contributed by atoms with Crippen LogP contribution in [0.15, 0.2) is 46.0 Å². The molecule has 1 aromatic carbocycles. The summed E-state index contributed by atoms with van der Waals surface area (Å²) < 4.78 is 33.8. The number of hydrogen-bond donors (Lipinski definition) is 0. The van der Waals surface area contributed by atoms with Crippen LogP contribution in [-0.4, -0.2) is 30.4 Å². The first kappa shape index (κ1) is 18.6. The second-order valence-electron chi connectivity index (χ2n) is 8.36. The zero-order chi connectivity index (χ0) is 20.7. The molecule has 0 unspecified atom stereocenters. The maximum Gasteiger partial charge on any atom is 0.241 e. The summed E-state index contributed by atoms with van der Waals surface area (Å²) in [5.74, 6) is 1.28. The highest BCUT2D eigenvalue weighted by Crippen LogP contribution is 2.71. The van der Waals surface area contributed by atoms with E-state index >= 15 is 0 Å². The summed E-state index contributed by atoms with van der Waals surface area (Å²) in [5, 5.41) is 10.8. The lowest BCUT2D eigenvalue weighted by molar-refractivity contribution is -0.0257. The number of nitriles is 1. The maximum absolute atomic E-state index is 13.5. The summed E-state index contributed by atoms with van der Waals surface area (Å²) in [7, 11) is -3.57. The molecule has 1 aliphatic heterocycles. The first-order valence-corrected chi connectivity index (χ1v) is 12.4. The van der Waals surface area contributed by atoms with Crippen molar-refractivity contribution in [3.8, 4) is 17.4 Å². The number of rotatable bonds is 3. The van der Waals surface area contributed by atoms with E-state index in [1.807, 2.05) is 18.2 Å². The van der Waals surface area contributed by atoms with Gasteiger partial charge in [-0.15, -0.1) is 11.8 Å². The first-order valence-electron chi connectivity index (χ1n) is 9.60. The summed E-state index contributed by atoms with van der Waals surface area (Å²) in [6.07, 6.45) is 4.65. The van der Waals surface area contributed by atoms with Gasteiger partial charge in [0.15, 0.2) is 0 Å².